The van der Waals surface area contributed by atoms with Crippen LogP contribution in [0.1, 0.15) is 26.3 Å². The summed E-state index contributed by atoms with van der Waals surface area (Å²) in [5, 5.41) is 2.72. The van der Waals surface area contributed by atoms with E-state index in [1.807, 2.05) is 18.2 Å². The summed E-state index contributed by atoms with van der Waals surface area (Å²) in [6.07, 6.45) is 0. The number of anilines is 1. The third-order valence-electron chi connectivity index (χ3n) is 2.23. The topological polar surface area (TPSA) is 29.1 Å². The zero-order chi connectivity index (χ0) is 12.3. The van der Waals surface area contributed by atoms with E-state index in [-0.39, 0.29) is 17.2 Å². The molecule has 2 nitrogen and oxygen atoms in total. The second-order valence-corrected chi connectivity index (χ2v) is 5.75. The average Bonchev–Trinajstić information content (AvgIpc) is 2.19. The number of nitrogens with one attached hydrogen (secondary N) is 1. The van der Waals surface area contributed by atoms with Crippen LogP contribution in [0.15, 0.2) is 22.7 Å². The summed E-state index contributed by atoms with van der Waals surface area (Å²) in [6, 6.07) is 5.91. The molecule has 1 aromatic rings. The molecule has 0 unspecified atom stereocenters. The van der Waals surface area contributed by atoms with Gasteiger partial charge in [-0.25, -0.2) is 0 Å². The van der Waals surface area contributed by atoms with E-state index >= 15 is 0 Å². The van der Waals surface area contributed by atoms with Crippen LogP contribution in [0.5, 0.6) is 0 Å². The molecule has 0 aliphatic rings. The van der Waals surface area contributed by atoms with Gasteiger partial charge in [-0.05, 0) is 39.0 Å². The lowest BCUT2D eigenvalue weighted by atomic mass is 9.87. The smallest absolute Gasteiger partial charge is 0.239 e. The van der Waals surface area contributed by atoms with Crippen LogP contribution in [0.4, 0.5) is 5.69 Å². The van der Waals surface area contributed by atoms with Gasteiger partial charge < -0.3 is 5.32 Å². The van der Waals surface area contributed by atoms with Crippen LogP contribution in [0.25, 0.3) is 0 Å². The van der Waals surface area contributed by atoms with Crippen molar-refractivity contribution in [3.8, 4) is 0 Å². The lowest BCUT2D eigenvalue weighted by Crippen LogP contribution is -2.14. The Morgan fingerprint density at radius 1 is 1.44 bits per heavy atom. The predicted molar refractivity (Wildman–Crippen MR) is 72.2 cm³/mol. The third kappa shape index (κ3) is 3.49. The van der Waals surface area contributed by atoms with Gasteiger partial charge in [0.15, 0.2) is 0 Å². The summed E-state index contributed by atoms with van der Waals surface area (Å²) < 4.78 is 0.874. The molecule has 16 heavy (non-hydrogen) atoms. The van der Waals surface area contributed by atoms with Crippen LogP contribution < -0.4 is 5.32 Å². The highest BCUT2D eigenvalue weighted by molar-refractivity contribution is 9.10. The van der Waals surface area contributed by atoms with E-state index in [9.17, 15) is 4.79 Å². The Labute approximate surface area is 110 Å². The lowest BCUT2D eigenvalue weighted by Gasteiger charge is -2.20. The van der Waals surface area contributed by atoms with Crippen molar-refractivity contribution in [1.82, 2.24) is 0 Å². The standard InChI is InChI=1S/C12H15BrClNO/c1-12(2,3)8-4-5-10(9(13)6-8)15-11(16)7-14/h4-6H,7H2,1-3H3,(H,15,16). The van der Waals surface area contributed by atoms with Crippen LogP contribution >= 0.6 is 27.5 Å². The summed E-state index contributed by atoms with van der Waals surface area (Å²) in [5.74, 6) is -0.237. The molecule has 0 bridgehead atoms. The van der Waals surface area contributed by atoms with Gasteiger partial charge in [0.05, 0.1) is 5.69 Å². The third-order valence-corrected chi connectivity index (χ3v) is 3.13. The van der Waals surface area contributed by atoms with Crippen molar-refractivity contribution in [3.63, 3.8) is 0 Å². The van der Waals surface area contributed by atoms with E-state index in [4.69, 9.17) is 11.6 Å². The minimum absolute atomic E-state index is 0.0343. The van der Waals surface area contributed by atoms with Gasteiger partial charge in [-0.2, -0.15) is 0 Å². The largest absolute Gasteiger partial charge is 0.324 e. The molecule has 0 aliphatic carbocycles. The van der Waals surface area contributed by atoms with E-state index < -0.39 is 0 Å². The molecular weight excluding hydrogens is 289 g/mol. The Bertz CT molecular complexity index is 398. The average molecular weight is 305 g/mol. The molecule has 0 fully saturated rings. The number of alkyl halides is 1. The lowest BCUT2D eigenvalue weighted by molar-refractivity contribution is -0.113. The minimum Gasteiger partial charge on any atom is -0.324 e. The molecule has 1 rings (SSSR count). The number of hydrogen-bond acceptors (Lipinski definition) is 1. The zero-order valence-electron chi connectivity index (χ0n) is 9.60. The number of rotatable bonds is 2. The van der Waals surface area contributed by atoms with Crippen molar-refractivity contribution in [2.24, 2.45) is 0 Å². The van der Waals surface area contributed by atoms with Crippen LogP contribution in [-0.2, 0) is 10.2 Å². The molecular formula is C12H15BrClNO. The molecule has 0 aromatic heterocycles. The molecule has 0 aliphatic heterocycles. The SMILES string of the molecule is CC(C)(C)c1ccc(NC(=O)CCl)c(Br)c1. The fourth-order valence-electron chi connectivity index (χ4n) is 1.27. The van der Waals surface area contributed by atoms with Crippen LogP contribution in [0.2, 0.25) is 0 Å². The van der Waals surface area contributed by atoms with Crippen LogP contribution in [0, 0.1) is 0 Å². The normalized spacial score (nSPS) is 11.3. The van der Waals surface area contributed by atoms with E-state index in [2.05, 4.69) is 42.0 Å². The van der Waals surface area contributed by atoms with Gasteiger partial charge in [0.25, 0.3) is 0 Å². The second-order valence-electron chi connectivity index (χ2n) is 4.63. The Hall–Kier alpha value is -0.540. The molecule has 0 radical (unpaired) electrons. The van der Waals surface area contributed by atoms with Gasteiger partial charge in [-0.3, -0.25) is 4.79 Å². The number of carbonyl (C=O) groups is 1. The van der Waals surface area contributed by atoms with E-state index in [0.717, 1.165) is 10.2 Å². The van der Waals surface area contributed by atoms with Gasteiger partial charge >= 0.3 is 0 Å². The summed E-state index contributed by atoms with van der Waals surface area (Å²) in [5.41, 5.74) is 2.05. The van der Waals surface area contributed by atoms with Gasteiger partial charge in [-0.15, -0.1) is 11.6 Å². The summed E-state index contributed by atoms with van der Waals surface area (Å²) >= 11 is 8.87. The monoisotopic (exact) mass is 303 g/mol. The Morgan fingerprint density at radius 3 is 2.50 bits per heavy atom. The maximum Gasteiger partial charge on any atom is 0.239 e. The van der Waals surface area contributed by atoms with E-state index in [1.54, 1.807) is 0 Å². The highest BCUT2D eigenvalue weighted by atomic mass is 79.9. The molecule has 1 amide bonds. The van der Waals surface area contributed by atoms with Crippen molar-refractivity contribution in [3.05, 3.63) is 28.2 Å². The first-order chi connectivity index (χ1) is 7.34. The first-order valence-electron chi connectivity index (χ1n) is 5.00. The van der Waals surface area contributed by atoms with E-state index in [0.29, 0.717) is 0 Å². The molecule has 0 atom stereocenters. The highest BCUT2D eigenvalue weighted by Crippen LogP contribution is 2.29. The number of hydrogen-bond donors (Lipinski definition) is 1. The van der Waals surface area contributed by atoms with Gasteiger partial charge in [0.1, 0.15) is 5.88 Å². The molecule has 0 saturated carbocycles. The maximum atomic E-state index is 11.2. The number of amides is 1. The van der Waals surface area contributed by atoms with Gasteiger partial charge in [-0.1, -0.05) is 26.8 Å². The Balaban J connectivity index is 2.96. The van der Waals surface area contributed by atoms with E-state index in [1.165, 1.54) is 5.56 Å². The van der Waals surface area contributed by atoms with Crippen molar-refractivity contribution < 1.29 is 4.79 Å². The fraction of sp³-hybridized carbons (Fsp3) is 0.417. The molecule has 1 N–H and O–H groups in total. The summed E-state index contributed by atoms with van der Waals surface area (Å²) in [6.45, 7) is 6.43. The predicted octanol–water partition coefficient (Wildman–Crippen LogP) is 3.92. The quantitative estimate of drug-likeness (QED) is 0.824. The van der Waals surface area contributed by atoms with Crippen molar-refractivity contribution >= 4 is 39.1 Å². The molecule has 1 aromatic carbocycles. The van der Waals surface area contributed by atoms with Crippen molar-refractivity contribution in [1.29, 1.82) is 0 Å². The molecule has 0 heterocycles. The Morgan fingerprint density at radius 2 is 2.06 bits per heavy atom. The van der Waals surface area contributed by atoms with Gasteiger partial charge in [0.2, 0.25) is 5.91 Å². The second kappa shape index (κ2) is 5.19. The Kier molecular flexibility index (Phi) is 4.39. The van der Waals surface area contributed by atoms with Crippen molar-refractivity contribution in [2.75, 3.05) is 11.2 Å². The number of carbonyl (C=O) groups excluding carboxylic acids is 1. The maximum absolute atomic E-state index is 11.2. The zero-order valence-corrected chi connectivity index (χ0v) is 11.9. The van der Waals surface area contributed by atoms with Crippen LogP contribution in [0.3, 0.4) is 0 Å². The molecule has 0 saturated heterocycles. The molecule has 0 spiro atoms. The summed E-state index contributed by atoms with van der Waals surface area (Å²) in [7, 11) is 0. The first-order valence-corrected chi connectivity index (χ1v) is 6.33. The minimum atomic E-state index is -0.203. The molecule has 4 heteroatoms. The van der Waals surface area contributed by atoms with Gasteiger partial charge in [0, 0.05) is 4.47 Å². The summed E-state index contributed by atoms with van der Waals surface area (Å²) in [4.78, 5) is 11.2. The first kappa shape index (κ1) is 13.5. The fourth-order valence-corrected chi connectivity index (χ4v) is 1.81. The number of halogens is 2. The molecule has 88 valence electrons. The van der Waals surface area contributed by atoms with Crippen LogP contribution in [-0.4, -0.2) is 11.8 Å². The number of benzene rings is 1. The highest BCUT2D eigenvalue weighted by Gasteiger charge is 2.15. The van der Waals surface area contributed by atoms with Crippen molar-refractivity contribution in [2.45, 2.75) is 26.2 Å².